The maximum Gasteiger partial charge on any atom is 0.269 e. The standard InChI is InChI=1S/C13H20N2O5S/c1-10(2)7-14-8-12(16)9-21(19,20)13-5-3-11(4-6-13)15(17)18/h3-6,10,12,14,16H,7-9H2,1-2H3. The summed E-state index contributed by atoms with van der Waals surface area (Å²) in [6.45, 7) is 4.89. The highest BCUT2D eigenvalue weighted by atomic mass is 32.2. The van der Waals surface area contributed by atoms with Crippen LogP contribution in [0.2, 0.25) is 0 Å². The fraction of sp³-hybridized carbons (Fsp3) is 0.538. The minimum atomic E-state index is -3.67. The van der Waals surface area contributed by atoms with E-state index in [4.69, 9.17) is 0 Å². The minimum Gasteiger partial charge on any atom is -0.391 e. The van der Waals surface area contributed by atoms with Crippen LogP contribution in [0.3, 0.4) is 0 Å². The van der Waals surface area contributed by atoms with E-state index in [-0.39, 0.29) is 17.1 Å². The van der Waals surface area contributed by atoms with Gasteiger partial charge >= 0.3 is 0 Å². The van der Waals surface area contributed by atoms with Crippen molar-refractivity contribution < 1.29 is 18.4 Å². The molecule has 7 nitrogen and oxygen atoms in total. The molecule has 8 heteroatoms. The lowest BCUT2D eigenvalue weighted by Crippen LogP contribution is -2.34. The Morgan fingerprint density at radius 3 is 2.29 bits per heavy atom. The van der Waals surface area contributed by atoms with Gasteiger partial charge in [0.1, 0.15) is 0 Å². The average molecular weight is 316 g/mol. The van der Waals surface area contributed by atoms with Crippen molar-refractivity contribution in [3.8, 4) is 0 Å². The Morgan fingerprint density at radius 2 is 1.81 bits per heavy atom. The van der Waals surface area contributed by atoms with Crippen LogP contribution in [-0.4, -0.2) is 43.4 Å². The largest absolute Gasteiger partial charge is 0.391 e. The Balaban J connectivity index is 2.66. The highest BCUT2D eigenvalue weighted by molar-refractivity contribution is 7.91. The topological polar surface area (TPSA) is 110 Å². The molecule has 0 aliphatic heterocycles. The Labute approximate surface area is 124 Å². The molecular formula is C13H20N2O5S. The zero-order valence-electron chi connectivity index (χ0n) is 12.0. The molecule has 0 spiro atoms. The van der Waals surface area contributed by atoms with Gasteiger partial charge in [0.25, 0.3) is 5.69 Å². The van der Waals surface area contributed by atoms with E-state index in [0.717, 1.165) is 12.1 Å². The van der Waals surface area contributed by atoms with Crippen LogP contribution in [0, 0.1) is 16.0 Å². The van der Waals surface area contributed by atoms with Gasteiger partial charge in [0.15, 0.2) is 9.84 Å². The van der Waals surface area contributed by atoms with Crippen molar-refractivity contribution in [1.82, 2.24) is 5.32 Å². The van der Waals surface area contributed by atoms with Gasteiger partial charge in [-0.05, 0) is 24.6 Å². The zero-order chi connectivity index (χ0) is 16.0. The van der Waals surface area contributed by atoms with Gasteiger partial charge in [0.2, 0.25) is 0 Å². The number of aliphatic hydroxyl groups is 1. The van der Waals surface area contributed by atoms with Crippen LogP contribution >= 0.6 is 0 Å². The first-order chi connectivity index (χ1) is 9.72. The summed E-state index contributed by atoms with van der Waals surface area (Å²) < 4.78 is 24.1. The number of hydrogen-bond acceptors (Lipinski definition) is 6. The Morgan fingerprint density at radius 1 is 1.24 bits per heavy atom. The molecule has 21 heavy (non-hydrogen) atoms. The van der Waals surface area contributed by atoms with Crippen molar-refractivity contribution in [2.75, 3.05) is 18.8 Å². The molecule has 0 aromatic heterocycles. The molecule has 0 aliphatic rings. The van der Waals surface area contributed by atoms with Gasteiger partial charge in [-0.2, -0.15) is 0 Å². The molecule has 2 N–H and O–H groups in total. The summed E-state index contributed by atoms with van der Waals surface area (Å²) in [4.78, 5) is 9.89. The monoisotopic (exact) mass is 316 g/mol. The van der Waals surface area contributed by atoms with E-state index in [1.165, 1.54) is 12.1 Å². The lowest BCUT2D eigenvalue weighted by Gasteiger charge is -2.13. The summed E-state index contributed by atoms with van der Waals surface area (Å²) in [6.07, 6.45) is -1.02. The fourth-order valence-electron chi connectivity index (χ4n) is 1.72. The van der Waals surface area contributed by atoms with Gasteiger partial charge in [-0.15, -0.1) is 0 Å². The first-order valence-electron chi connectivity index (χ1n) is 6.58. The number of aliphatic hydroxyl groups excluding tert-OH is 1. The van der Waals surface area contributed by atoms with Crippen LogP contribution in [-0.2, 0) is 9.84 Å². The smallest absolute Gasteiger partial charge is 0.269 e. The fourth-order valence-corrected chi connectivity index (χ4v) is 3.09. The van der Waals surface area contributed by atoms with E-state index in [1.54, 1.807) is 0 Å². The van der Waals surface area contributed by atoms with E-state index in [2.05, 4.69) is 5.32 Å². The Hall–Kier alpha value is -1.51. The third kappa shape index (κ3) is 5.78. The van der Waals surface area contributed by atoms with Crippen molar-refractivity contribution >= 4 is 15.5 Å². The highest BCUT2D eigenvalue weighted by Crippen LogP contribution is 2.17. The second-order valence-electron chi connectivity index (χ2n) is 5.24. The molecule has 0 heterocycles. The number of nitro benzene ring substituents is 1. The molecule has 0 saturated carbocycles. The third-order valence-electron chi connectivity index (χ3n) is 2.75. The van der Waals surface area contributed by atoms with E-state index in [0.29, 0.717) is 12.5 Å². The highest BCUT2D eigenvalue weighted by Gasteiger charge is 2.20. The number of hydrogen-bond donors (Lipinski definition) is 2. The van der Waals surface area contributed by atoms with Gasteiger partial charge in [0.05, 0.1) is 21.7 Å². The molecule has 0 amide bonds. The van der Waals surface area contributed by atoms with E-state index >= 15 is 0 Å². The number of nitrogens with zero attached hydrogens (tertiary/aromatic N) is 1. The number of sulfone groups is 1. The van der Waals surface area contributed by atoms with Crippen molar-refractivity contribution in [1.29, 1.82) is 0 Å². The molecule has 0 bridgehead atoms. The molecule has 1 unspecified atom stereocenters. The van der Waals surface area contributed by atoms with Gasteiger partial charge in [-0.25, -0.2) is 8.42 Å². The van der Waals surface area contributed by atoms with E-state index < -0.39 is 26.6 Å². The molecule has 1 atom stereocenters. The van der Waals surface area contributed by atoms with E-state index in [1.807, 2.05) is 13.8 Å². The van der Waals surface area contributed by atoms with Crippen molar-refractivity contribution in [3.63, 3.8) is 0 Å². The third-order valence-corrected chi connectivity index (χ3v) is 4.57. The molecule has 0 aliphatic carbocycles. The van der Waals surface area contributed by atoms with Crippen LogP contribution in [0.25, 0.3) is 0 Å². The molecule has 0 saturated heterocycles. The van der Waals surface area contributed by atoms with Gasteiger partial charge in [-0.3, -0.25) is 10.1 Å². The molecule has 1 aromatic rings. The quantitative estimate of drug-likeness (QED) is 0.546. The summed E-state index contributed by atoms with van der Waals surface area (Å²) in [7, 11) is -3.67. The molecule has 0 fully saturated rings. The van der Waals surface area contributed by atoms with Crippen LogP contribution in [0.4, 0.5) is 5.69 Å². The van der Waals surface area contributed by atoms with Crippen molar-refractivity contribution in [3.05, 3.63) is 34.4 Å². The molecule has 0 radical (unpaired) electrons. The maximum atomic E-state index is 12.1. The Bertz CT molecular complexity index is 569. The van der Waals surface area contributed by atoms with Gasteiger partial charge in [-0.1, -0.05) is 13.8 Å². The number of non-ortho nitro benzene ring substituents is 1. The summed E-state index contributed by atoms with van der Waals surface area (Å²) in [5.74, 6) is -0.0147. The summed E-state index contributed by atoms with van der Waals surface area (Å²) in [5.41, 5.74) is -0.173. The number of rotatable bonds is 8. The summed E-state index contributed by atoms with van der Waals surface area (Å²) in [5, 5.41) is 23.3. The summed E-state index contributed by atoms with van der Waals surface area (Å²) in [6, 6.07) is 4.63. The molecular weight excluding hydrogens is 296 g/mol. The predicted octanol–water partition coefficient (Wildman–Crippen LogP) is 0.975. The zero-order valence-corrected chi connectivity index (χ0v) is 12.8. The Kier molecular flexibility index (Phi) is 6.25. The summed E-state index contributed by atoms with van der Waals surface area (Å²) >= 11 is 0. The first kappa shape index (κ1) is 17.5. The first-order valence-corrected chi connectivity index (χ1v) is 8.23. The van der Waals surface area contributed by atoms with Crippen LogP contribution in [0.15, 0.2) is 29.2 Å². The average Bonchev–Trinajstić information content (AvgIpc) is 2.37. The predicted molar refractivity (Wildman–Crippen MR) is 78.9 cm³/mol. The number of nitrogens with one attached hydrogen (secondary N) is 1. The van der Waals surface area contributed by atoms with Gasteiger partial charge in [0, 0.05) is 18.7 Å². The van der Waals surface area contributed by atoms with Crippen LogP contribution < -0.4 is 5.32 Å². The van der Waals surface area contributed by atoms with Crippen molar-refractivity contribution in [2.45, 2.75) is 24.8 Å². The second kappa shape index (κ2) is 7.48. The van der Waals surface area contributed by atoms with Crippen LogP contribution in [0.1, 0.15) is 13.8 Å². The van der Waals surface area contributed by atoms with E-state index in [9.17, 15) is 23.6 Å². The van der Waals surface area contributed by atoms with Crippen molar-refractivity contribution in [2.24, 2.45) is 5.92 Å². The lowest BCUT2D eigenvalue weighted by atomic mass is 10.2. The number of nitro groups is 1. The maximum absolute atomic E-state index is 12.1. The van der Waals surface area contributed by atoms with Gasteiger partial charge < -0.3 is 10.4 Å². The number of benzene rings is 1. The SMILES string of the molecule is CC(C)CNCC(O)CS(=O)(=O)c1ccc([N+](=O)[O-])cc1. The lowest BCUT2D eigenvalue weighted by molar-refractivity contribution is -0.384. The molecule has 1 aromatic carbocycles. The minimum absolute atomic E-state index is 0.0315. The molecule has 118 valence electrons. The second-order valence-corrected chi connectivity index (χ2v) is 7.27. The van der Waals surface area contributed by atoms with Crippen LogP contribution in [0.5, 0.6) is 0 Å². The normalized spacial score (nSPS) is 13.3. The molecule has 1 rings (SSSR count).